The minimum atomic E-state index is -0.431. The summed E-state index contributed by atoms with van der Waals surface area (Å²) in [6, 6.07) is 6.07. The Bertz CT molecular complexity index is 489. The average Bonchev–Trinajstić information content (AvgIpc) is 2.46. The van der Waals surface area contributed by atoms with Crippen LogP contribution in [-0.4, -0.2) is 30.6 Å². The normalized spacial score (nSPS) is 19.0. The molecule has 1 aliphatic heterocycles. The van der Waals surface area contributed by atoms with Crippen LogP contribution in [-0.2, 0) is 9.53 Å². The van der Waals surface area contributed by atoms with E-state index in [2.05, 4.69) is 0 Å². The fraction of sp³-hybridized carbons (Fsp3) is 0.462. The number of carbonyl (C=O) groups is 1. The number of methoxy groups -OCH3 is 1. The van der Waals surface area contributed by atoms with E-state index in [-0.39, 0.29) is 11.7 Å². The Kier molecular flexibility index (Phi) is 3.99. The van der Waals surface area contributed by atoms with E-state index >= 15 is 0 Å². The van der Waals surface area contributed by atoms with Gasteiger partial charge in [0.05, 0.1) is 12.0 Å². The van der Waals surface area contributed by atoms with Crippen molar-refractivity contribution in [3.8, 4) is 0 Å². The molecule has 19 heavy (non-hydrogen) atoms. The van der Waals surface area contributed by atoms with E-state index in [1.165, 1.54) is 13.2 Å². The second-order valence-corrected chi connectivity index (χ2v) is 4.47. The zero-order chi connectivity index (χ0) is 13.8. The molecule has 6 heteroatoms. The van der Waals surface area contributed by atoms with Crippen LogP contribution < -0.4 is 4.90 Å². The predicted octanol–water partition coefficient (Wildman–Crippen LogP) is 2.13. The fourth-order valence-corrected chi connectivity index (χ4v) is 2.46. The summed E-state index contributed by atoms with van der Waals surface area (Å²) in [4.78, 5) is 24.2. The molecule has 1 aliphatic rings. The van der Waals surface area contributed by atoms with Crippen LogP contribution in [0.5, 0.6) is 0 Å². The number of nitrogens with zero attached hydrogens (tertiary/aromatic N) is 2. The van der Waals surface area contributed by atoms with Gasteiger partial charge in [0.25, 0.3) is 5.69 Å². The Balaban J connectivity index is 2.37. The quantitative estimate of drug-likeness (QED) is 0.475. The summed E-state index contributed by atoms with van der Waals surface area (Å²) >= 11 is 0. The van der Waals surface area contributed by atoms with Gasteiger partial charge >= 0.3 is 5.97 Å². The van der Waals surface area contributed by atoms with Gasteiger partial charge in [0.2, 0.25) is 0 Å². The summed E-state index contributed by atoms with van der Waals surface area (Å²) in [6.07, 6.45) is 2.51. The molecule has 1 aromatic carbocycles. The van der Waals surface area contributed by atoms with Crippen molar-refractivity contribution in [3.05, 3.63) is 34.4 Å². The first kappa shape index (κ1) is 13.3. The standard InChI is InChI=1S/C13H16N2O4/c1-19-13(16)12-8-4-5-9-14(12)10-6-2-3-7-11(10)15(17)18/h2-3,6-7,12H,4-5,8-9H2,1H3. The number of piperidine rings is 1. The van der Waals surface area contributed by atoms with E-state index < -0.39 is 11.0 Å². The highest BCUT2D eigenvalue weighted by Gasteiger charge is 2.32. The van der Waals surface area contributed by atoms with Crippen molar-refractivity contribution in [2.24, 2.45) is 0 Å². The predicted molar refractivity (Wildman–Crippen MR) is 70.1 cm³/mol. The molecule has 1 unspecified atom stereocenters. The molecule has 1 aromatic rings. The van der Waals surface area contributed by atoms with E-state index in [4.69, 9.17) is 4.74 Å². The second-order valence-electron chi connectivity index (χ2n) is 4.47. The van der Waals surface area contributed by atoms with Crippen LogP contribution in [0.2, 0.25) is 0 Å². The lowest BCUT2D eigenvalue weighted by Crippen LogP contribution is -2.45. The highest BCUT2D eigenvalue weighted by Crippen LogP contribution is 2.32. The molecule has 6 nitrogen and oxygen atoms in total. The Morgan fingerprint density at radius 3 is 2.84 bits per heavy atom. The van der Waals surface area contributed by atoms with Gasteiger partial charge in [-0.15, -0.1) is 0 Å². The third-order valence-corrected chi connectivity index (χ3v) is 3.36. The van der Waals surface area contributed by atoms with Gasteiger partial charge in [-0.05, 0) is 25.3 Å². The van der Waals surface area contributed by atoms with Crippen LogP contribution in [0.3, 0.4) is 0 Å². The number of hydrogen-bond donors (Lipinski definition) is 0. The number of rotatable bonds is 3. The molecule has 0 aliphatic carbocycles. The largest absolute Gasteiger partial charge is 0.467 e. The third kappa shape index (κ3) is 2.67. The summed E-state index contributed by atoms with van der Waals surface area (Å²) in [5, 5.41) is 11.1. The van der Waals surface area contributed by atoms with Crippen LogP contribution in [0, 0.1) is 10.1 Å². The number of benzene rings is 1. The minimum Gasteiger partial charge on any atom is -0.467 e. The molecule has 2 rings (SSSR count). The first-order chi connectivity index (χ1) is 9.15. The summed E-state index contributed by atoms with van der Waals surface area (Å²) in [6.45, 7) is 0.630. The van der Waals surface area contributed by atoms with Crippen LogP contribution in [0.4, 0.5) is 11.4 Å². The third-order valence-electron chi connectivity index (χ3n) is 3.36. The second kappa shape index (κ2) is 5.69. The molecule has 0 spiro atoms. The number of nitro benzene ring substituents is 1. The molecule has 0 N–H and O–H groups in total. The molecule has 0 saturated carbocycles. The van der Waals surface area contributed by atoms with Gasteiger partial charge in [-0.3, -0.25) is 10.1 Å². The Hall–Kier alpha value is -2.11. The number of para-hydroxylation sites is 2. The van der Waals surface area contributed by atoms with Gasteiger partial charge < -0.3 is 9.64 Å². The van der Waals surface area contributed by atoms with Crippen molar-refractivity contribution >= 4 is 17.3 Å². The molecule has 0 radical (unpaired) electrons. The Labute approximate surface area is 111 Å². The molecular formula is C13H16N2O4. The van der Waals surface area contributed by atoms with E-state index in [1.54, 1.807) is 23.1 Å². The SMILES string of the molecule is COC(=O)C1CCCCN1c1ccccc1[N+](=O)[O-]. The van der Waals surface area contributed by atoms with Crippen molar-refractivity contribution in [3.63, 3.8) is 0 Å². The van der Waals surface area contributed by atoms with Crippen molar-refractivity contribution < 1.29 is 14.5 Å². The smallest absolute Gasteiger partial charge is 0.328 e. The maximum atomic E-state index is 11.8. The Morgan fingerprint density at radius 1 is 1.42 bits per heavy atom. The lowest BCUT2D eigenvalue weighted by molar-refractivity contribution is -0.384. The van der Waals surface area contributed by atoms with E-state index in [1.807, 2.05) is 0 Å². The van der Waals surface area contributed by atoms with Crippen molar-refractivity contribution in [2.45, 2.75) is 25.3 Å². The summed E-state index contributed by atoms with van der Waals surface area (Å²) in [5.74, 6) is -0.335. The molecule has 1 fully saturated rings. The molecule has 1 heterocycles. The van der Waals surface area contributed by atoms with Gasteiger partial charge in [-0.1, -0.05) is 12.1 Å². The molecule has 0 bridgehead atoms. The maximum Gasteiger partial charge on any atom is 0.328 e. The van der Waals surface area contributed by atoms with E-state index in [9.17, 15) is 14.9 Å². The molecule has 1 atom stereocenters. The van der Waals surface area contributed by atoms with Crippen LogP contribution in [0.25, 0.3) is 0 Å². The van der Waals surface area contributed by atoms with Crippen molar-refractivity contribution in [1.29, 1.82) is 0 Å². The van der Waals surface area contributed by atoms with Crippen LogP contribution in [0.15, 0.2) is 24.3 Å². The van der Waals surface area contributed by atoms with Gasteiger partial charge in [0.1, 0.15) is 11.7 Å². The van der Waals surface area contributed by atoms with Gasteiger partial charge in [-0.2, -0.15) is 0 Å². The van der Waals surface area contributed by atoms with Crippen molar-refractivity contribution in [2.75, 3.05) is 18.6 Å². The lowest BCUT2D eigenvalue weighted by atomic mass is 10.0. The van der Waals surface area contributed by atoms with Gasteiger partial charge in [0, 0.05) is 12.6 Å². The number of nitro groups is 1. The van der Waals surface area contributed by atoms with Crippen LogP contribution >= 0.6 is 0 Å². The lowest BCUT2D eigenvalue weighted by Gasteiger charge is -2.35. The zero-order valence-corrected chi connectivity index (χ0v) is 10.7. The van der Waals surface area contributed by atoms with Gasteiger partial charge in [-0.25, -0.2) is 4.79 Å². The van der Waals surface area contributed by atoms with E-state index in [0.717, 1.165) is 12.8 Å². The number of ether oxygens (including phenoxy) is 1. The summed E-state index contributed by atoms with van der Waals surface area (Å²) in [7, 11) is 1.34. The highest BCUT2D eigenvalue weighted by molar-refractivity contribution is 5.81. The monoisotopic (exact) mass is 264 g/mol. The fourth-order valence-electron chi connectivity index (χ4n) is 2.46. The summed E-state index contributed by atoms with van der Waals surface area (Å²) < 4.78 is 4.79. The topological polar surface area (TPSA) is 72.7 Å². The minimum absolute atomic E-state index is 0.0262. The molecular weight excluding hydrogens is 248 g/mol. The zero-order valence-electron chi connectivity index (χ0n) is 10.7. The van der Waals surface area contributed by atoms with E-state index in [0.29, 0.717) is 18.7 Å². The summed E-state index contributed by atoms with van der Waals surface area (Å²) in [5.41, 5.74) is 0.515. The van der Waals surface area contributed by atoms with Crippen molar-refractivity contribution in [1.82, 2.24) is 0 Å². The highest BCUT2D eigenvalue weighted by atomic mass is 16.6. The molecule has 102 valence electrons. The number of esters is 1. The number of carbonyl (C=O) groups excluding carboxylic acids is 1. The maximum absolute atomic E-state index is 11.8. The molecule has 1 saturated heterocycles. The number of anilines is 1. The first-order valence-corrected chi connectivity index (χ1v) is 6.23. The molecule has 0 aromatic heterocycles. The number of hydrogen-bond acceptors (Lipinski definition) is 5. The Morgan fingerprint density at radius 2 is 2.16 bits per heavy atom. The molecule has 0 amide bonds. The van der Waals surface area contributed by atoms with Gasteiger partial charge in [0.15, 0.2) is 0 Å². The van der Waals surface area contributed by atoms with Crippen LogP contribution in [0.1, 0.15) is 19.3 Å². The average molecular weight is 264 g/mol. The first-order valence-electron chi connectivity index (χ1n) is 6.23.